The molecule has 4 aliphatic rings. The van der Waals surface area contributed by atoms with Gasteiger partial charge in [0.25, 0.3) is 11.8 Å². The van der Waals surface area contributed by atoms with Gasteiger partial charge < -0.3 is 19.9 Å². The van der Waals surface area contributed by atoms with Crippen LogP contribution in [0.1, 0.15) is 92.0 Å². The van der Waals surface area contributed by atoms with Gasteiger partial charge in [0.05, 0.1) is 29.6 Å². The Morgan fingerprint density at radius 2 is 1.79 bits per heavy atom. The molecule has 1 aromatic carbocycles. The van der Waals surface area contributed by atoms with Crippen LogP contribution in [0.5, 0.6) is 5.88 Å². The first-order valence-electron chi connectivity index (χ1n) is 19.5. The highest BCUT2D eigenvalue weighted by atomic mass is 16.5. The van der Waals surface area contributed by atoms with Crippen LogP contribution in [0, 0.1) is 18.8 Å². The molecule has 56 heavy (non-hydrogen) atoms. The van der Waals surface area contributed by atoms with Crippen molar-refractivity contribution in [2.75, 3.05) is 36.4 Å². The molecule has 7 heterocycles. The number of benzene rings is 1. The standard InChI is InChI=1S/C39H47N11O6/c1-21(2)56-38-34(25-17-41-42-18-25)40-19-31-44-39(46-50(31)38)43-28-11-14-48(20-23(28)4)33(52)8-5-24-9-12-47(13-10-24)30-16-27-26(15-22(30)3)36(54)49(37(27)55)29-6-7-32(51)45-35(29)53/h15-19,21,23-24,28-29H,5-14,20H2,1-4H3,(H,41,42)(H,43,46)(H,45,51,53)/t23-,28+,29?/m1/s1. The Morgan fingerprint density at radius 3 is 2.48 bits per heavy atom. The predicted octanol–water partition coefficient (Wildman–Crippen LogP) is 3.36. The number of ether oxygens (including phenoxy) is 1. The number of H-pyrrole nitrogens is 1. The molecule has 8 rings (SSSR count). The second-order valence-corrected chi connectivity index (χ2v) is 15.7. The molecule has 0 aliphatic carbocycles. The van der Waals surface area contributed by atoms with E-state index in [0.717, 1.165) is 60.5 Å². The first-order chi connectivity index (χ1) is 26.9. The minimum absolute atomic E-state index is 0.0801. The van der Waals surface area contributed by atoms with E-state index in [0.29, 0.717) is 59.7 Å². The molecule has 3 aromatic heterocycles. The summed E-state index contributed by atoms with van der Waals surface area (Å²) in [4.78, 5) is 78.7. The SMILES string of the molecule is Cc1cc2c(cc1N1CCC(CCC(=O)N3CC[C@H](Nc4nc5cnc(-c6cn[nH]c6)c(OC(C)C)n5n4)[C@H](C)C3)CC1)C(=O)N(C1CCC(=O)NC1=O)C2=O. The van der Waals surface area contributed by atoms with Crippen molar-refractivity contribution in [3.8, 4) is 17.1 Å². The Kier molecular flexibility index (Phi) is 9.92. The van der Waals surface area contributed by atoms with Gasteiger partial charge in [-0.1, -0.05) is 6.92 Å². The van der Waals surface area contributed by atoms with E-state index < -0.39 is 29.7 Å². The molecular weight excluding hydrogens is 718 g/mol. The summed E-state index contributed by atoms with van der Waals surface area (Å²) in [6, 6.07) is 2.62. The van der Waals surface area contributed by atoms with E-state index in [4.69, 9.17) is 9.84 Å². The van der Waals surface area contributed by atoms with E-state index in [1.54, 1.807) is 35.2 Å². The maximum atomic E-state index is 13.4. The molecule has 3 fully saturated rings. The van der Waals surface area contributed by atoms with Gasteiger partial charge >= 0.3 is 0 Å². The Morgan fingerprint density at radius 1 is 1.02 bits per heavy atom. The number of hydrogen-bond acceptors (Lipinski definition) is 12. The monoisotopic (exact) mass is 765 g/mol. The first kappa shape index (κ1) is 37.1. The van der Waals surface area contributed by atoms with Crippen LogP contribution in [-0.4, -0.2) is 113 Å². The summed E-state index contributed by atoms with van der Waals surface area (Å²) in [5.74, 6) is -0.280. The van der Waals surface area contributed by atoms with E-state index in [9.17, 15) is 24.0 Å². The first-order valence-corrected chi connectivity index (χ1v) is 19.5. The highest BCUT2D eigenvalue weighted by molar-refractivity contribution is 6.24. The molecule has 17 heteroatoms. The number of carbonyl (C=O) groups is 5. The molecule has 4 aromatic rings. The van der Waals surface area contributed by atoms with Crippen molar-refractivity contribution in [1.29, 1.82) is 0 Å². The zero-order chi connectivity index (χ0) is 39.2. The van der Waals surface area contributed by atoms with Gasteiger partial charge in [-0.25, -0.2) is 4.98 Å². The lowest BCUT2D eigenvalue weighted by molar-refractivity contribution is -0.136. The number of piperidine rings is 3. The highest BCUT2D eigenvalue weighted by Crippen LogP contribution is 2.36. The van der Waals surface area contributed by atoms with Crippen molar-refractivity contribution in [1.82, 2.24) is 44.9 Å². The lowest BCUT2D eigenvalue weighted by Gasteiger charge is -2.38. The van der Waals surface area contributed by atoms with Crippen LogP contribution in [-0.2, 0) is 14.4 Å². The predicted molar refractivity (Wildman–Crippen MR) is 204 cm³/mol. The number of imide groups is 2. The van der Waals surface area contributed by atoms with Gasteiger partial charge in [0, 0.05) is 62.5 Å². The fourth-order valence-corrected chi connectivity index (χ4v) is 8.46. The molecule has 3 N–H and O–H groups in total. The number of fused-ring (bicyclic) bond motifs is 2. The van der Waals surface area contributed by atoms with E-state index >= 15 is 0 Å². The molecule has 3 atom stereocenters. The highest BCUT2D eigenvalue weighted by Gasteiger charge is 2.45. The van der Waals surface area contributed by atoms with Crippen LogP contribution in [0.15, 0.2) is 30.7 Å². The zero-order valence-electron chi connectivity index (χ0n) is 32.1. The Labute approximate surface area is 323 Å². The van der Waals surface area contributed by atoms with E-state index in [2.05, 4.69) is 42.6 Å². The van der Waals surface area contributed by atoms with E-state index in [-0.39, 0.29) is 36.8 Å². The number of aryl methyl sites for hydroxylation is 1. The van der Waals surface area contributed by atoms with Gasteiger partial charge in [-0.15, -0.1) is 5.10 Å². The van der Waals surface area contributed by atoms with Crippen molar-refractivity contribution in [2.45, 2.75) is 90.8 Å². The molecule has 0 saturated carbocycles. The van der Waals surface area contributed by atoms with Crippen molar-refractivity contribution in [3.05, 3.63) is 47.4 Å². The number of hydrogen-bond donors (Lipinski definition) is 3. The minimum atomic E-state index is -0.991. The number of carbonyl (C=O) groups excluding carboxylic acids is 5. The molecule has 0 spiro atoms. The quantitative estimate of drug-likeness (QED) is 0.199. The Hall–Kier alpha value is -5.87. The zero-order valence-corrected chi connectivity index (χ0v) is 32.1. The van der Waals surface area contributed by atoms with Gasteiger partial charge in [-0.3, -0.25) is 39.3 Å². The number of amides is 5. The molecule has 1 unspecified atom stereocenters. The molecule has 3 saturated heterocycles. The third kappa shape index (κ3) is 7.05. The normalized spacial score (nSPS) is 21.9. The second-order valence-electron chi connectivity index (χ2n) is 15.7. The summed E-state index contributed by atoms with van der Waals surface area (Å²) in [5.41, 5.74) is 4.33. The topological polar surface area (TPSA) is 200 Å². The van der Waals surface area contributed by atoms with Gasteiger partial charge in [0.15, 0.2) is 5.65 Å². The van der Waals surface area contributed by atoms with Gasteiger partial charge in [-0.2, -0.15) is 14.6 Å². The number of rotatable bonds is 10. The van der Waals surface area contributed by atoms with Crippen LogP contribution in [0.25, 0.3) is 16.9 Å². The van der Waals surface area contributed by atoms with E-state index in [1.165, 1.54) is 0 Å². The van der Waals surface area contributed by atoms with Crippen molar-refractivity contribution in [2.24, 2.45) is 11.8 Å². The average molecular weight is 766 g/mol. The smallest absolute Gasteiger partial charge is 0.262 e. The summed E-state index contributed by atoms with van der Waals surface area (Å²) >= 11 is 0. The molecule has 5 amide bonds. The number of likely N-dealkylation sites (tertiary alicyclic amines) is 1. The van der Waals surface area contributed by atoms with Crippen LogP contribution in [0.3, 0.4) is 0 Å². The summed E-state index contributed by atoms with van der Waals surface area (Å²) in [6.07, 6.45) is 9.13. The number of aromatic amines is 1. The lowest BCUT2D eigenvalue weighted by atomic mass is 9.90. The third-order valence-electron chi connectivity index (χ3n) is 11.5. The molecular formula is C39H47N11O6. The largest absolute Gasteiger partial charge is 0.473 e. The van der Waals surface area contributed by atoms with Crippen LogP contribution < -0.4 is 20.3 Å². The molecule has 0 radical (unpaired) electrons. The molecule has 0 bridgehead atoms. The van der Waals surface area contributed by atoms with Crippen molar-refractivity contribution in [3.63, 3.8) is 0 Å². The summed E-state index contributed by atoms with van der Waals surface area (Å²) in [7, 11) is 0. The second kappa shape index (κ2) is 15.0. The minimum Gasteiger partial charge on any atom is -0.473 e. The number of nitrogens with zero attached hydrogens (tertiary/aromatic N) is 8. The summed E-state index contributed by atoms with van der Waals surface area (Å²) in [6.45, 7) is 10.8. The van der Waals surface area contributed by atoms with Crippen LogP contribution in [0.4, 0.5) is 11.6 Å². The van der Waals surface area contributed by atoms with Crippen LogP contribution >= 0.6 is 0 Å². The number of anilines is 2. The maximum Gasteiger partial charge on any atom is 0.262 e. The molecule has 4 aliphatic heterocycles. The summed E-state index contributed by atoms with van der Waals surface area (Å²) < 4.78 is 7.80. The average Bonchev–Trinajstić information content (AvgIpc) is 3.91. The molecule has 17 nitrogen and oxygen atoms in total. The fraction of sp³-hybridized carbons (Fsp3) is 0.513. The Balaban J connectivity index is 0.829. The van der Waals surface area contributed by atoms with Crippen molar-refractivity contribution < 1.29 is 28.7 Å². The third-order valence-corrected chi connectivity index (χ3v) is 11.5. The maximum absolute atomic E-state index is 13.4. The number of aromatic nitrogens is 6. The summed E-state index contributed by atoms with van der Waals surface area (Å²) in [5, 5.41) is 17.4. The molecule has 294 valence electrons. The fourth-order valence-electron chi connectivity index (χ4n) is 8.46. The Bertz CT molecular complexity index is 2190. The van der Waals surface area contributed by atoms with Gasteiger partial charge in [0.2, 0.25) is 29.5 Å². The lowest BCUT2D eigenvalue weighted by Crippen LogP contribution is -2.54. The van der Waals surface area contributed by atoms with Crippen LogP contribution in [0.2, 0.25) is 0 Å². The van der Waals surface area contributed by atoms with Crippen molar-refractivity contribution >= 4 is 46.8 Å². The van der Waals surface area contributed by atoms with Gasteiger partial charge in [0.1, 0.15) is 11.7 Å². The van der Waals surface area contributed by atoms with E-state index in [1.807, 2.05) is 25.7 Å². The van der Waals surface area contributed by atoms with Gasteiger partial charge in [-0.05, 0) is 82.4 Å². The number of nitrogens with one attached hydrogen (secondary N) is 3.